The molecule has 3 heterocycles. The molecule has 9 heteroatoms. The topological polar surface area (TPSA) is 119 Å². The lowest BCUT2D eigenvalue weighted by Crippen LogP contribution is -2.38. The van der Waals surface area contributed by atoms with Crippen molar-refractivity contribution in [3.8, 4) is 17.3 Å². The van der Waals surface area contributed by atoms with Gasteiger partial charge in [-0.2, -0.15) is 5.26 Å². The SMILES string of the molecule is C[C@H](NCC#N)C(=O)Nc1cncc(-c2c[nH]c3ncc(Cl)cc23)n1. The number of H-pyrrole nitrogens is 1. The lowest BCUT2D eigenvalue weighted by molar-refractivity contribution is -0.117. The molecule has 3 aromatic rings. The second-order valence-corrected chi connectivity index (χ2v) is 5.73. The number of aromatic amines is 1. The van der Waals surface area contributed by atoms with Crippen LogP contribution in [0.5, 0.6) is 0 Å². The smallest absolute Gasteiger partial charge is 0.242 e. The van der Waals surface area contributed by atoms with Crippen molar-refractivity contribution in [1.29, 1.82) is 5.26 Å². The van der Waals surface area contributed by atoms with Crippen molar-refractivity contribution in [3.05, 3.63) is 35.9 Å². The Morgan fingerprint density at radius 1 is 1.44 bits per heavy atom. The largest absolute Gasteiger partial charge is 0.345 e. The average molecular weight is 356 g/mol. The van der Waals surface area contributed by atoms with Gasteiger partial charge in [0, 0.05) is 23.3 Å². The number of nitrogens with one attached hydrogen (secondary N) is 3. The molecule has 0 fully saturated rings. The van der Waals surface area contributed by atoms with Crippen LogP contribution in [-0.4, -0.2) is 38.4 Å². The molecule has 1 atom stereocenters. The van der Waals surface area contributed by atoms with Gasteiger partial charge in [0.2, 0.25) is 5.91 Å². The van der Waals surface area contributed by atoms with Crippen molar-refractivity contribution in [2.75, 3.05) is 11.9 Å². The third-order valence-corrected chi connectivity index (χ3v) is 3.75. The van der Waals surface area contributed by atoms with Gasteiger partial charge >= 0.3 is 0 Å². The zero-order valence-corrected chi connectivity index (χ0v) is 14.0. The third kappa shape index (κ3) is 3.74. The standard InChI is InChI=1S/C16H14ClN7O/c1-9(20-3-2-18)16(25)24-14-8-19-7-13(23-14)12-6-22-15-11(12)4-10(17)5-21-15/h4-9,20H,3H2,1H3,(H,21,22)(H,23,24,25)/t9-/m0/s1. The summed E-state index contributed by atoms with van der Waals surface area (Å²) in [4.78, 5) is 27.9. The van der Waals surface area contributed by atoms with Gasteiger partial charge in [0.15, 0.2) is 5.82 Å². The van der Waals surface area contributed by atoms with Gasteiger partial charge in [0.1, 0.15) is 5.65 Å². The number of carbonyl (C=O) groups excluding carboxylic acids is 1. The van der Waals surface area contributed by atoms with Crippen molar-refractivity contribution >= 4 is 34.4 Å². The lowest BCUT2D eigenvalue weighted by Gasteiger charge is -2.11. The molecule has 8 nitrogen and oxygen atoms in total. The normalized spacial score (nSPS) is 11.9. The van der Waals surface area contributed by atoms with E-state index in [1.807, 2.05) is 6.07 Å². The highest BCUT2D eigenvalue weighted by molar-refractivity contribution is 6.31. The Balaban J connectivity index is 1.85. The molecule has 3 aromatic heterocycles. The quantitative estimate of drug-likeness (QED) is 0.603. The molecular formula is C16H14ClN7O. The molecule has 0 aliphatic heterocycles. The minimum absolute atomic E-state index is 0.0867. The number of pyridine rings is 1. The summed E-state index contributed by atoms with van der Waals surface area (Å²) in [6, 6.07) is 3.19. The monoisotopic (exact) mass is 355 g/mol. The van der Waals surface area contributed by atoms with Crippen molar-refractivity contribution in [2.45, 2.75) is 13.0 Å². The van der Waals surface area contributed by atoms with Crippen LogP contribution in [0.2, 0.25) is 5.02 Å². The average Bonchev–Trinajstić information content (AvgIpc) is 3.02. The van der Waals surface area contributed by atoms with Crippen LogP contribution in [0, 0.1) is 11.3 Å². The van der Waals surface area contributed by atoms with Crippen molar-refractivity contribution in [3.63, 3.8) is 0 Å². The molecule has 3 N–H and O–H groups in total. The van der Waals surface area contributed by atoms with Crippen LogP contribution in [0.3, 0.4) is 0 Å². The Kier molecular flexibility index (Phi) is 4.88. The highest BCUT2D eigenvalue weighted by atomic mass is 35.5. The number of hydrogen-bond donors (Lipinski definition) is 3. The number of hydrogen-bond acceptors (Lipinski definition) is 6. The molecule has 0 aromatic carbocycles. The summed E-state index contributed by atoms with van der Waals surface area (Å²) in [5.41, 5.74) is 2.04. The summed E-state index contributed by atoms with van der Waals surface area (Å²) in [7, 11) is 0. The number of anilines is 1. The van der Waals surface area contributed by atoms with E-state index in [2.05, 4.69) is 30.6 Å². The van der Waals surface area contributed by atoms with E-state index >= 15 is 0 Å². The van der Waals surface area contributed by atoms with Crippen molar-refractivity contribution in [1.82, 2.24) is 25.3 Å². The van der Waals surface area contributed by atoms with Gasteiger partial charge in [-0.05, 0) is 13.0 Å². The number of rotatable bonds is 5. The van der Waals surface area contributed by atoms with Gasteiger partial charge in [0.25, 0.3) is 0 Å². The maximum Gasteiger partial charge on any atom is 0.242 e. The van der Waals surface area contributed by atoms with Crippen LogP contribution >= 0.6 is 11.6 Å². The van der Waals surface area contributed by atoms with Crippen LogP contribution in [0.15, 0.2) is 30.9 Å². The maximum atomic E-state index is 12.1. The Morgan fingerprint density at radius 3 is 3.08 bits per heavy atom. The molecule has 126 valence electrons. The van der Waals surface area contributed by atoms with Gasteiger partial charge in [-0.3, -0.25) is 15.1 Å². The van der Waals surface area contributed by atoms with Gasteiger partial charge < -0.3 is 10.3 Å². The molecule has 1 amide bonds. The van der Waals surface area contributed by atoms with E-state index in [0.717, 1.165) is 10.9 Å². The molecule has 0 bridgehead atoms. The van der Waals surface area contributed by atoms with Crippen LogP contribution in [0.1, 0.15) is 6.92 Å². The Morgan fingerprint density at radius 2 is 2.28 bits per heavy atom. The zero-order valence-electron chi connectivity index (χ0n) is 13.2. The maximum absolute atomic E-state index is 12.1. The van der Waals surface area contributed by atoms with Crippen LogP contribution in [0.4, 0.5) is 5.82 Å². The molecule has 25 heavy (non-hydrogen) atoms. The number of carbonyl (C=O) groups is 1. The first-order valence-corrected chi connectivity index (χ1v) is 7.82. The van der Waals surface area contributed by atoms with Crippen molar-refractivity contribution in [2.24, 2.45) is 0 Å². The zero-order chi connectivity index (χ0) is 17.8. The number of nitriles is 1. The summed E-state index contributed by atoms with van der Waals surface area (Å²) in [5.74, 6) is 0.0165. The van der Waals surface area contributed by atoms with E-state index < -0.39 is 6.04 Å². The van der Waals surface area contributed by atoms with Gasteiger partial charge in [0.05, 0.1) is 41.8 Å². The van der Waals surface area contributed by atoms with E-state index in [-0.39, 0.29) is 12.5 Å². The number of nitrogens with zero attached hydrogens (tertiary/aromatic N) is 4. The molecule has 0 radical (unpaired) electrons. The molecule has 0 aliphatic rings. The summed E-state index contributed by atoms with van der Waals surface area (Å²) in [6.45, 7) is 1.75. The fourth-order valence-corrected chi connectivity index (χ4v) is 2.43. The second-order valence-electron chi connectivity index (χ2n) is 5.29. The first-order chi connectivity index (χ1) is 12.1. The van der Waals surface area contributed by atoms with Crippen molar-refractivity contribution < 1.29 is 4.79 Å². The molecule has 3 rings (SSSR count). The third-order valence-electron chi connectivity index (χ3n) is 3.54. The minimum Gasteiger partial charge on any atom is -0.345 e. The predicted molar refractivity (Wildman–Crippen MR) is 93.8 cm³/mol. The molecular weight excluding hydrogens is 342 g/mol. The second kappa shape index (κ2) is 7.25. The van der Waals surface area contributed by atoms with Gasteiger partial charge in [-0.15, -0.1) is 0 Å². The number of aromatic nitrogens is 4. The summed E-state index contributed by atoms with van der Waals surface area (Å²) in [6.07, 6.45) is 6.37. The van der Waals surface area contributed by atoms with E-state index in [4.69, 9.17) is 16.9 Å². The van der Waals surface area contributed by atoms with Gasteiger partial charge in [-0.1, -0.05) is 11.6 Å². The summed E-state index contributed by atoms with van der Waals surface area (Å²) in [5, 5.41) is 15.3. The van der Waals surface area contributed by atoms with E-state index in [9.17, 15) is 4.79 Å². The summed E-state index contributed by atoms with van der Waals surface area (Å²) < 4.78 is 0. The van der Waals surface area contributed by atoms with E-state index in [0.29, 0.717) is 22.2 Å². The van der Waals surface area contributed by atoms with Gasteiger partial charge in [-0.25, -0.2) is 9.97 Å². The molecule has 0 saturated heterocycles. The van der Waals surface area contributed by atoms with Crippen LogP contribution < -0.4 is 10.6 Å². The Labute approximate surface area is 148 Å². The first kappa shape index (κ1) is 16.8. The van der Waals surface area contributed by atoms with E-state index in [1.165, 1.54) is 6.20 Å². The highest BCUT2D eigenvalue weighted by Gasteiger charge is 2.14. The number of amides is 1. The highest BCUT2D eigenvalue weighted by Crippen LogP contribution is 2.28. The molecule has 0 spiro atoms. The molecule has 0 saturated carbocycles. The van der Waals surface area contributed by atoms with Crippen LogP contribution in [-0.2, 0) is 4.79 Å². The summed E-state index contributed by atoms with van der Waals surface area (Å²) >= 11 is 6.01. The first-order valence-electron chi connectivity index (χ1n) is 7.44. The minimum atomic E-state index is -0.527. The number of halogens is 1. The Hall–Kier alpha value is -3.02. The fraction of sp³-hybridized carbons (Fsp3) is 0.188. The Bertz CT molecular complexity index is 963. The van der Waals surface area contributed by atoms with Crippen LogP contribution in [0.25, 0.3) is 22.3 Å². The van der Waals surface area contributed by atoms with E-state index in [1.54, 1.807) is 31.6 Å². The number of fused-ring (bicyclic) bond motifs is 1. The fourth-order valence-electron chi connectivity index (χ4n) is 2.27. The lowest BCUT2D eigenvalue weighted by atomic mass is 10.2. The predicted octanol–water partition coefficient (Wildman–Crippen LogP) is 2.11. The molecule has 0 aliphatic carbocycles. The molecule has 0 unspecified atom stereocenters.